The number of carbonyl (C=O) groups excluding carboxylic acids is 2. The molecule has 0 fully saturated rings. The van der Waals surface area contributed by atoms with Crippen LogP contribution in [0.15, 0.2) is 0 Å². The highest BCUT2D eigenvalue weighted by Crippen LogP contribution is 2.16. The van der Waals surface area contributed by atoms with Gasteiger partial charge in [0.05, 0.1) is 0 Å². The van der Waals surface area contributed by atoms with Crippen LogP contribution in [-0.4, -0.2) is 52.7 Å². The fourth-order valence-corrected chi connectivity index (χ4v) is 2.16. The molecule has 0 aliphatic heterocycles. The topological polar surface area (TPSA) is 95.9 Å². The van der Waals surface area contributed by atoms with Gasteiger partial charge in [-0.15, -0.1) is 0 Å². The number of rotatable bonds is 8. The van der Waals surface area contributed by atoms with E-state index in [-0.39, 0.29) is 5.92 Å². The summed E-state index contributed by atoms with van der Waals surface area (Å²) in [5.74, 6) is -1.40. The number of carboxylic acid groups (broad SMARTS) is 1. The van der Waals surface area contributed by atoms with Crippen LogP contribution in [0.5, 0.6) is 0 Å². The molecule has 0 aliphatic carbocycles. The molecule has 0 aromatic rings. The molecule has 24 heavy (non-hydrogen) atoms. The number of carbonyl (C=O) groups is 3. The summed E-state index contributed by atoms with van der Waals surface area (Å²) in [5, 5.41) is 11.7. The molecule has 0 unspecified atom stereocenters. The SMILES string of the molecule is CCC[C@H](NC(=O)[C@@H](CC(C)C)N(C)C(=O)OC(C)(C)C)C(=O)O. The van der Waals surface area contributed by atoms with Gasteiger partial charge in [-0.05, 0) is 39.5 Å². The molecule has 0 heterocycles. The molecule has 2 atom stereocenters. The zero-order valence-electron chi connectivity index (χ0n) is 15.9. The van der Waals surface area contributed by atoms with Crippen LogP contribution in [0, 0.1) is 5.92 Å². The minimum Gasteiger partial charge on any atom is -0.480 e. The van der Waals surface area contributed by atoms with Crippen molar-refractivity contribution < 1.29 is 24.2 Å². The van der Waals surface area contributed by atoms with Gasteiger partial charge in [0, 0.05) is 7.05 Å². The minimum absolute atomic E-state index is 0.153. The van der Waals surface area contributed by atoms with Crippen molar-refractivity contribution in [2.24, 2.45) is 5.92 Å². The summed E-state index contributed by atoms with van der Waals surface area (Å²) in [5.41, 5.74) is -0.671. The third-order valence-corrected chi connectivity index (χ3v) is 3.34. The molecule has 0 rings (SSSR count). The van der Waals surface area contributed by atoms with Crippen LogP contribution in [0.3, 0.4) is 0 Å². The lowest BCUT2D eigenvalue weighted by Gasteiger charge is -2.31. The quantitative estimate of drug-likeness (QED) is 0.705. The van der Waals surface area contributed by atoms with Gasteiger partial charge in [0.25, 0.3) is 0 Å². The van der Waals surface area contributed by atoms with E-state index in [0.29, 0.717) is 19.3 Å². The normalized spacial score (nSPS) is 14.0. The first-order valence-electron chi connectivity index (χ1n) is 8.38. The number of carboxylic acids is 1. The molecule has 0 aromatic carbocycles. The summed E-state index contributed by atoms with van der Waals surface area (Å²) in [6, 6.07) is -1.73. The molecule has 0 aliphatic rings. The van der Waals surface area contributed by atoms with Crippen molar-refractivity contribution >= 4 is 18.0 Å². The standard InChI is InChI=1S/C17H32N2O5/c1-8-9-12(15(21)22)18-14(20)13(10-11(2)3)19(7)16(23)24-17(4,5)6/h11-13H,8-10H2,1-7H3,(H,18,20)(H,21,22)/t12-,13+/m0/s1. The molecular weight excluding hydrogens is 312 g/mol. The van der Waals surface area contributed by atoms with Crippen molar-refractivity contribution in [3.05, 3.63) is 0 Å². The first-order chi connectivity index (χ1) is 10.9. The van der Waals surface area contributed by atoms with Crippen LogP contribution in [-0.2, 0) is 14.3 Å². The maximum absolute atomic E-state index is 12.6. The maximum atomic E-state index is 12.6. The number of amides is 2. The highest BCUT2D eigenvalue weighted by Gasteiger charge is 2.32. The van der Waals surface area contributed by atoms with E-state index < -0.39 is 35.7 Å². The second-order valence-electron chi connectivity index (χ2n) is 7.42. The fourth-order valence-electron chi connectivity index (χ4n) is 2.16. The largest absolute Gasteiger partial charge is 0.480 e. The first kappa shape index (κ1) is 22.2. The molecule has 0 radical (unpaired) electrons. The van der Waals surface area contributed by atoms with E-state index in [1.807, 2.05) is 20.8 Å². The summed E-state index contributed by atoms with van der Waals surface area (Å²) in [4.78, 5) is 37.3. The summed E-state index contributed by atoms with van der Waals surface area (Å²) in [7, 11) is 1.50. The molecular formula is C17H32N2O5. The Labute approximate surface area is 144 Å². The molecule has 7 heteroatoms. The predicted molar refractivity (Wildman–Crippen MR) is 91.7 cm³/mol. The second kappa shape index (κ2) is 9.49. The van der Waals surface area contributed by atoms with Gasteiger partial charge in [0.2, 0.25) is 5.91 Å². The van der Waals surface area contributed by atoms with Crippen LogP contribution in [0.1, 0.15) is 60.8 Å². The van der Waals surface area contributed by atoms with Gasteiger partial charge >= 0.3 is 12.1 Å². The maximum Gasteiger partial charge on any atom is 0.410 e. The average Bonchev–Trinajstić information content (AvgIpc) is 2.41. The smallest absolute Gasteiger partial charge is 0.410 e. The van der Waals surface area contributed by atoms with Gasteiger partial charge in [0.1, 0.15) is 17.7 Å². The van der Waals surface area contributed by atoms with Crippen molar-refractivity contribution in [3.8, 4) is 0 Å². The molecule has 0 saturated heterocycles. The highest BCUT2D eigenvalue weighted by molar-refractivity contribution is 5.89. The number of nitrogens with zero attached hydrogens (tertiary/aromatic N) is 1. The Morgan fingerprint density at radius 2 is 1.75 bits per heavy atom. The molecule has 2 amide bonds. The van der Waals surface area contributed by atoms with E-state index in [2.05, 4.69) is 5.32 Å². The Morgan fingerprint density at radius 3 is 2.12 bits per heavy atom. The fraction of sp³-hybridized carbons (Fsp3) is 0.824. The van der Waals surface area contributed by atoms with Gasteiger partial charge < -0.3 is 15.2 Å². The number of aliphatic carboxylic acids is 1. The molecule has 140 valence electrons. The Morgan fingerprint density at radius 1 is 1.21 bits per heavy atom. The van der Waals surface area contributed by atoms with Gasteiger partial charge in [-0.3, -0.25) is 9.69 Å². The van der Waals surface area contributed by atoms with Gasteiger partial charge in [-0.25, -0.2) is 9.59 Å². The average molecular weight is 344 g/mol. The number of ether oxygens (including phenoxy) is 1. The number of likely N-dealkylation sites (N-methyl/N-ethyl adjacent to an activating group) is 1. The van der Waals surface area contributed by atoms with Crippen molar-refractivity contribution in [1.29, 1.82) is 0 Å². The van der Waals surface area contributed by atoms with Crippen molar-refractivity contribution in [1.82, 2.24) is 10.2 Å². The Kier molecular flexibility index (Phi) is 8.78. The van der Waals surface area contributed by atoms with Crippen LogP contribution in [0.25, 0.3) is 0 Å². The Balaban J connectivity index is 5.19. The highest BCUT2D eigenvalue weighted by atomic mass is 16.6. The summed E-state index contributed by atoms with van der Waals surface area (Å²) in [6.07, 6.45) is 0.783. The predicted octanol–water partition coefficient (Wildman–Crippen LogP) is 2.64. The molecule has 2 N–H and O–H groups in total. The number of nitrogens with one attached hydrogen (secondary N) is 1. The zero-order chi connectivity index (χ0) is 19.1. The van der Waals surface area contributed by atoms with Crippen LogP contribution < -0.4 is 5.32 Å². The molecule has 0 saturated carbocycles. The van der Waals surface area contributed by atoms with Crippen LogP contribution in [0.4, 0.5) is 4.79 Å². The zero-order valence-corrected chi connectivity index (χ0v) is 15.9. The lowest BCUT2D eigenvalue weighted by atomic mass is 10.0. The van der Waals surface area contributed by atoms with E-state index >= 15 is 0 Å². The molecule has 0 spiro atoms. The molecule has 0 aromatic heterocycles. The first-order valence-corrected chi connectivity index (χ1v) is 8.38. The van der Waals surface area contributed by atoms with E-state index in [1.54, 1.807) is 20.8 Å². The Hall–Kier alpha value is -1.79. The van der Waals surface area contributed by atoms with E-state index in [4.69, 9.17) is 4.74 Å². The van der Waals surface area contributed by atoms with Gasteiger partial charge in [0.15, 0.2) is 0 Å². The summed E-state index contributed by atoms with van der Waals surface area (Å²) in [6.45, 7) is 11.0. The second-order valence-corrected chi connectivity index (χ2v) is 7.42. The van der Waals surface area contributed by atoms with E-state index in [0.717, 1.165) is 0 Å². The van der Waals surface area contributed by atoms with Gasteiger partial charge in [-0.2, -0.15) is 0 Å². The lowest BCUT2D eigenvalue weighted by Crippen LogP contribution is -2.53. The monoisotopic (exact) mass is 344 g/mol. The Bertz CT molecular complexity index is 443. The number of hydrogen-bond acceptors (Lipinski definition) is 4. The minimum atomic E-state index is -1.08. The van der Waals surface area contributed by atoms with E-state index in [9.17, 15) is 19.5 Å². The third-order valence-electron chi connectivity index (χ3n) is 3.34. The van der Waals surface area contributed by atoms with Crippen molar-refractivity contribution in [2.75, 3.05) is 7.05 Å². The van der Waals surface area contributed by atoms with E-state index in [1.165, 1.54) is 11.9 Å². The van der Waals surface area contributed by atoms with Crippen molar-refractivity contribution in [2.45, 2.75) is 78.5 Å². The van der Waals surface area contributed by atoms with Crippen molar-refractivity contribution in [3.63, 3.8) is 0 Å². The summed E-state index contributed by atoms with van der Waals surface area (Å²) >= 11 is 0. The van der Waals surface area contributed by atoms with Crippen LogP contribution in [0.2, 0.25) is 0 Å². The molecule has 7 nitrogen and oxygen atoms in total. The molecule has 0 bridgehead atoms. The third kappa shape index (κ3) is 8.17. The van der Waals surface area contributed by atoms with Gasteiger partial charge in [-0.1, -0.05) is 27.2 Å². The summed E-state index contributed by atoms with van der Waals surface area (Å²) < 4.78 is 5.30. The number of hydrogen-bond donors (Lipinski definition) is 2. The lowest BCUT2D eigenvalue weighted by molar-refractivity contribution is -0.142. The van der Waals surface area contributed by atoms with Crippen LogP contribution >= 0.6 is 0 Å².